The van der Waals surface area contributed by atoms with Crippen LogP contribution in [0.25, 0.3) is 0 Å². The standard InChI is InChI=1S/C21H26N2O3S/c1-13-6-8-17-15(10-13)16(12-21(2,3)26-17)23-20(27)22-14-7-9-18(24-4)19(11-14)25-5/h6-11,16H,12H2,1-5H3,(H2,22,23,27)/t16-/m1/s1. The van der Waals surface area contributed by atoms with E-state index in [0.717, 1.165) is 23.4 Å². The summed E-state index contributed by atoms with van der Waals surface area (Å²) in [5, 5.41) is 7.23. The van der Waals surface area contributed by atoms with Gasteiger partial charge in [0.15, 0.2) is 16.6 Å². The second-order valence-corrected chi connectivity index (χ2v) is 7.74. The van der Waals surface area contributed by atoms with Gasteiger partial charge in [0, 0.05) is 23.7 Å². The molecular formula is C21H26N2O3S. The Balaban J connectivity index is 1.77. The molecule has 0 saturated carbocycles. The summed E-state index contributed by atoms with van der Waals surface area (Å²) >= 11 is 5.56. The minimum atomic E-state index is -0.265. The van der Waals surface area contributed by atoms with Crippen molar-refractivity contribution in [3.05, 3.63) is 47.5 Å². The maximum absolute atomic E-state index is 6.13. The van der Waals surface area contributed by atoms with Gasteiger partial charge < -0.3 is 24.8 Å². The number of ether oxygens (including phenoxy) is 3. The molecule has 1 aliphatic heterocycles. The Bertz CT molecular complexity index is 851. The Morgan fingerprint density at radius 3 is 2.56 bits per heavy atom. The highest BCUT2D eigenvalue weighted by atomic mass is 32.1. The first-order valence-corrected chi connectivity index (χ1v) is 9.31. The Hall–Kier alpha value is -2.47. The molecule has 0 aliphatic carbocycles. The van der Waals surface area contributed by atoms with Crippen molar-refractivity contribution in [2.75, 3.05) is 19.5 Å². The van der Waals surface area contributed by atoms with Gasteiger partial charge in [-0.25, -0.2) is 0 Å². The van der Waals surface area contributed by atoms with Crippen molar-refractivity contribution in [2.24, 2.45) is 0 Å². The van der Waals surface area contributed by atoms with Gasteiger partial charge in [-0.05, 0) is 51.2 Å². The number of methoxy groups -OCH3 is 2. The molecule has 2 aromatic carbocycles. The van der Waals surface area contributed by atoms with Crippen LogP contribution in [0, 0.1) is 6.92 Å². The number of thiocarbonyl (C=S) groups is 1. The number of aryl methyl sites for hydroxylation is 1. The van der Waals surface area contributed by atoms with Crippen LogP contribution in [0.1, 0.15) is 37.4 Å². The lowest BCUT2D eigenvalue weighted by atomic mass is 9.89. The highest BCUT2D eigenvalue weighted by Gasteiger charge is 2.34. The van der Waals surface area contributed by atoms with Crippen LogP contribution in [-0.4, -0.2) is 24.9 Å². The molecule has 3 rings (SSSR count). The van der Waals surface area contributed by atoms with E-state index in [1.54, 1.807) is 14.2 Å². The predicted molar refractivity (Wildman–Crippen MR) is 112 cm³/mol. The minimum absolute atomic E-state index is 0.0730. The summed E-state index contributed by atoms with van der Waals surface area (Å²) in [6.45, 7) is 6.27. The summed E-state index contributed by atoms with van der Waals surface area (Å²) in [7, 11) is 3.23. The largest absolute Gasteiger partial charge is 0.493 e. The van der Waals surface area contributed by atoms with Gasteiger partial charge in [0.05, 0.1) is 20.3 Å². The normalized spacial score (nSPS) is 17.3. The molecule has 0 fully saturated rings. The molecule has 1 atom stereocenters. The Labute approximate surface area is 166 Å². The van der Waals surface area contributed by atoms with E-state index in [1.165, 1.54) is 5.56 Å². The van der Waals surface area contributed by atoms with Crippen molar-refractivity contribution >= 4 is 23.0 Å². The van der Waals surface area contributed by atoms with Crippen LogP contribution >= 0.6 is 12.2 Å². The zero-order valence-corrected chi connectivity index (χ0v) is 17.2. The number of rotatable bonds is 4. The fraction of sp³-hybridized carbons (Fsp3) is 0.381. The average Bonchev–Trinajstić information content (AvgIpc) is 2.61. The van der Waals surface area contributed by atoms with Gasteiger partial charge in [0.2, 0.25) is 0 Å². The van der Waals surface area contributed by atoms with Crippen LogP contribution in [0.4, 0.5) is 5.69 Å². The van der Waals surface area contributed by atoms with Crippen LogP contribution in [0.3, 0.4) is 0 Å². The third-order valence-electron chi connectivity index (χ3n) is 4.57. The molecular weight excluding hydrogens is 360 g/mol. The van der Waals surface area contributed by atoms with E-state index in [0.29, 0.717) is 16.6 Å². The quantitative estimate of drug-likeness (QED) is 0.749. The van der Waals surface area contributed by atoms with Gasteiger partial charge in [0.25, 0.3) is 0 Å². The molecule has 0 unspecified atom stereocenters. The van der Waals surface area contributed by atoms with Gasteiger partial charge >= 0.3 is 0 Å². The molecule has 2 N–H and O–H groups in total. The van der Waals surface area contributed by atoms with Crippen molar-refractivity contribution in [2.45, 2.75) is 38.8 Å². The molecule has 27 heavy (non-hydrogen) atoms. The van der Waals surface area contributed by atoms with Gasteiger partial charge in [-0.3, -0.25) is 0 Å². The fourth-order valence-corrected chi connectivity index (χ4v) is 3.60. The lowest BCUT2D eigenvalue weighted by Gasteiger charge is -2.38. The molecule has 144 valence electrons. The van der Waals surface area contributed by atoms with E-state index in [1.807, 2.05) is 24.3 Å². The summed E-state index contributed by atoms with van der Waals surface area (Å²) in [6, 6.07) is 11.9. The Morgan fingerprint density at radius 2 is 1.85 bits per heavy atom. The zero-order chi connectivity index (χ0) is 19.6. The summed E-state index contributed by atoms with van der Waals surface area (Å²) < 4.78 is 16.8. The first-order valence-electron chi connectivity index (χ1n) is 8.90. The molecule has 0 saturated heterocycles. The maximum Gasteiger partial charge on any atom is 0.171 e. The number of hydrogen-bond acceptors (Lipinski definition) is 4. The van der Waals surface area contributed by atoms with Crippen LogP contribution in [0.5, 0.6) is 17.2 Å². The first-order chi connectivity index (χ1) is 12.8. The summed E-state index contributed by atoms with van der Waals surface area (Å²) in [5.41, 5.74) is 2.90. The molecule has 0 amide bonds. The van der Waals surface area contributed by atoms with E-state index in [-0.39, 0.29) is 11.6 Å². The molecule has 2 aromatic rings. The number of nitrogens with one attached hydrogen (secondary N) is 2. The second kappa shape index (κ2) is 7.64. The molecule has 6 heteroatoms. The van der Waals surface area contributed by atoms with Gasteiger partial charge in [-0.1, -0.05) is 17.7 Å². The topological polar surface area (TPSA) is 51.8 Å². The summed E-state index contributed by atoms with van der Waals surface area (Å²) in [4.78, 5) is 0. The number of benzene rings is 2. The molecule has 0 aromatic heterocycles. The van der Waals surface area contributed by atoms with E-state index in [9.17, 15) is 0 Å². The van der Waals surface area contributed by atoms with E-state index >= 15 is 0 Å². The van der Waals surface area contributed by atoms with Gasteiger partial charge in [-0.2, -0.15) is 0 Å². The fourth-order valence-electron chi connectivity index (χ4n) is 3.34. The molecule has 1 aliphatic rings. The van der Waals surface area contributed by atoms with Crippen molar-refractivity contribution in [1.82, 2.24) is 5.32 Å². The number of hydrogen-bond donors (Lipinski definition) is 2. The van der Waals surface area contributed by atoms with Crippen LogP contribution in [-0.2, 0) is 0 Å². The first kappa shape index (κ1) is 19.3. The minimum Gasteiger partial charge on any atom is -0.493 e. The monoisotopic (exact) mass is 386 g/mol. The Morgan fingerprint density at radius 1 is 1.11 bits per heavy atom. The van der Waals surface area contributed by atoms with Gasteiger partial charge in [-0.15, -0.1) is 0 Å². The summed E-state index contributed by atoms with van der Waals surface area (Å²) in [5.74, 6) is 2.24. The smallest absolute Gasteiger partial charge is 0.171 e. The molecule has 0 radical (unpaired) electrons. The van der Waals surface area contributed by atoms with Gasteiger partial charge in [0.1, 0.15) is 11.4 Å². The van der Waals surface area contributed by atoms with Crippen LogP contribution in [0.2, 0.25) is 0 Å². The van der Waals surface area contributed by atoms with E-state index in [2.05, 4.69) is 43.5 Å². The average molecular weight is 387 g/mol. The lowest BCUT2D eigenvalue weighted by Crippen LogP contribution is -2.42. The third kappa shape index (κ3) is 4.45. The zero-order valence-electron chi connectivity index (χ0n) is 16.4. The third-order valence-corrected chi connectivity index (χ3v) is 4.79. The summed E-state index contributed by atoms with van der Waals surface area (Å²) in [6.07, 6.45) is 0.817. The van der Waals surface area contributed by atoms with Crippen molar-refractivity contribution < 1.29 is 14.2 Å². The Kier molecular flexibility index (Phi) is 5.46. The van der Waals surface area contributed by atoms with E-state index in [4.69, 9.17) is 26.4 Å². The second-order valence-electron chi connectivity index (χ2n) is 7.33. The van der Waals surface area contributed by atoms with Crippen molar-refractivity contribution in [1.29, 1.82) is 0 Å². The highest BCUT2D eigenvalue weighted by Crippen LogP contribution is 2.40. The van der Waals surface area contributed by atoms with Crippen LogP contribution in [0.15, 0.2) is 36.4 Å². The van der Waals surface area contributed by atoms with Crippen molar-refractivity contribution in [3.8, 4) is 17.2 Å². The predicted octanol–water partition coefficient (Wildman–Crippen LogP) is 4.60. The molecule has 1 heterocycles. The number of anilines is 1. The highest BCUT2D eigenvalue weighted by molar-refractivity contribution is 7.80. The lowest BCUT2D eigenvalue weighted by molar-refractivity contribution is 0.0696. The van der Waals surface area contributed by atoms with Crippen LogP contribution < -0.4 is 24.8 Å². The van der Waals surface area contributed by atoms with E-state index < -0.39 is 0 Å². The molecule has 0 spiro atoms. The molecule has 0 bridgehead atoms. The maximum atomic E-state index is 6.13. The SMILES string of the molecule is COc1ccc(NC(=S)N[C@@H]2CC(C)(C)Oc3ccc(C)cc32)cc1OC. The molecule has 5 nitrogen and oxygen atoms in total. The number of fused-ring (bicyclic) bond motifs is 1. The van der Waals surface area contributed by atoms with Crippen molar-refractivity contribution in [3.63, 3.8) is 0 Å².